The molecule has 0 aromatic carbocycles. The standard InChI is InChI=1S/C9H18O2S/c1-7(2)4-5-12-6-8(3)9(10)11/h7-8H,4-6H2,1-3H3,(H,10,11)/t8-/m0/s1. The zero-order valence-corrected chi connectivity index (χ0v) is 8.86. The highest BCUT2D eigenvalue weighted by atomic mass is 32.2. The molecule has 0 aromatic heterocycles. The molecule has 0 saturated carbocycles. The normalized spacial score (nSPS) is 13.3. The van der Waals surface area contributed by atoms with Crippen LogP contribution in [0.3, 0.4) is 0 Å². The van der Waals surface area contributed by atoms with Gasteiger partial charge < -0.3 is 5.11 Å². The van der Waals surface area contributed by atoms with Crippen molar-refractivity contribution in [2.24, 2.45) is 11.8 Å². The van der Waals surface area contributed by atoms with Gasteiger partial charge in [-0.15, -0.1) is 0 Å². The summed E-state index contributed by atoms with van der Waals surface area (Å²) in [6.07, 6.45) is 1.18. The minimum absolute atomic E-state index is 0.206. The van der Waals surface area contributed by atoms with Crippen LogP contribution in [0.1, 0.15) is 27.2 Å². The van der Waals surface area contributed by atoms with Crippen molar-refractivity contribution in [2.75, 3.05) is 11.5 Å². The smallest absolute Gasteiger partial charge is 0.307 e. The zero-order chi connectivity index (χ0) is 9.56. The van der Waals surface area contributed by atoms with Crippen molar-refractivity contribution in [1.29, 1.82) is 0 Å². The molecule has 0 amide bonds. The van der Waals surface area contributed by atoms with E-state index in [0.717, 1.165) is 17.4 Å². The van der Waals surface area contributed by atoms with Gasteiger partial charge in [0.2, 0.25) is 0 Å². The summed E-state index contributed by atoms with van der Waals surface area (Å²) in [6, 6.07) is 0. The Kier molecular flexibility index (Phi) is 6.25. The fourth-order valence-corrected chi connectivity index (χ4v) is 1.95. The second kappa shape index (κ2) is 6.35. The largest absolute Gasteiger partial charge is 0.481 e. The molecule has 12 heavy (non-hydrogen) atoms. The van der Waals surface area contributed by atoms with Crippen LogP contribution in [0.25, 0.3) is 0 Å². The Balaban J connectivity index is 3.25. The van der Waals surface area contributed by atoms with E-state index in [1.54, 1.807) is 18.7 Å². The van der Waals surface area contributed by atoms with E-state index >= 15 is 0 Å². The second-order valence-electron chi connectivity index (χ2n) is 3.50. The molecule has 0 rings (SSSR count). The summed E-state index contributed by atoms with van der Waals surface area (Å²) >= 11 is 1.74. The van der Waals surface area contributed by atoms with Crippen molar-refractivity contribution >= 4 is 17.7 Å². The lowest BCUT2D eigenvalue weighted by molar-refractivity contribution is -0.140. The van der Waals surface area contributed by atoms with Crippen LogP contribution in [0.4, 0.5) is 0 Å². The molecular formula is C9H18O2S. The van der Waals surface area contributed by atoms with Crippen molar-refractivity contribution < 1.29 is 9.90 Å². The van der Waals surface area contributed by atoms with Gasteiger partial charge in [0.1, 0.15) is 0 Å². The molecule has 0 bridgehead atoms. The number of carbonyl (C=O) groups is 1. The number of rotatable bonds is 6. The zero-order valence-electron chi connectivity index (χ0n) is 8.04. The molecule has 2 nitrogen and oxygen atoms in total. The van der Waals surface area contributed by atoms with E-state index in [9.17, 15) is 4.79 Å². The van der Waals surface area contributed by atoms with E-state index in [1.165, 1.54) is 6.42 Å². The molecular weight excluding hydrogens is 172 g/mol. The Labute approximate surface area is 78.7 Å². The van der Waals surface area contributed by atoms with Crippen molar-refractivity contribution in [3.05, 3.63) is 0 Å². The molecule has 0 saturated heterocycles. The number of hydrogen-bond donors (Lipinski definition) is 1. The summed E-state index contributed by atoms with van der Waals surface area (Å²) in [5.41, 5.74) is 0. The molecule has 0 spiro atoms. The molecule has 0 aliphatic heterocycles. The average molecular weight is 190 g/mol. The fraction of sp³-hybridized carbons (Fsp3) is 0.889. The SMILES string of the molecule is CC(C)CCSC[C@H](C)C(=O)O. The van der Waals surface area contributed by atoms with Gasteiger partial charge in [-0.3, -0.25) is 4.79 Å². The van der Waals surface area contributed by atoms with Crippen LogP contribution in [0.2, 0.25) is 0 Å². The second-order valence-corrected chi connectivity index (χ2v) is 4.65. The van der Waals surface area contributed by atoms with Gasteiger partial charge in [-0.2, -0.15) is 11.8 Å². The molecule has 0 radical (unpaired) electrons. The highest BCUT2D eigenvalue weighted by molar-refractivity contribution is 7.99. The molecule has 0 fully saturated rings. The van der Waals surface area contributed by atoms with Gasteiger partial charge in [-0.05, 0) is 18.1 Å². The molecule has 3 heteroatoms. The first kappa shape index (κ1) is 11.8. The first-order valence-corrected chi connectivity index (χ1v) is 5.50. The van der Waals surface area contributed by atoms with E-state index in [-0.39, 0.29) is 5.92 Å². The Hall–Kier alpha value is -0.180. The molecule has 1 N–H and O–H groups in total. The fourth-order valence-electron chi connectivity index (χ4n) is 0.650. The third kappa shape index (κ3) is 6.53. The lowest BCUT2D eigenvalue weighted by Gasteiger charge is -2.06. The van der Waals surface area contributed by atoms with Crippen LogP contribution in [-0.2, 0) is 4.79 Å². The van der Waals surface area contributed by atoms with Gasteiger partial charge in [0.15, 0.2) is 0 Å². The minimum Gasteiger partial charge on any atom is -0.481 e. The average Bonchev–Trinajstić information content (AvgIpc) is 1.97. The summed E-state index contributed by atoms with van der Waals surface area (Å²) in [5, 5.41) is 8.58. The quantitative estimate of drug-likeness (QED) is 0.654. The van der Waals surface area contributed by atoms with Crippen LogP contribution >= 0.6 is 11.8 Å². The van der Waals surface area contributed by atoms with Crippen LogP contribution in [0.15, 0.2) is 0 Å². The maximum Gasteiger partial charge on any atom is 0.307 e. The van der Waals surface area contributed by atoms with E-state index in [1.807, 2.05) is 0 Å². The number of carboxylic acid groups (broad SMARTS) is 1. The third-order valence-electron chi connectivity index (χ3n) is 1.63. The predicted molar refractivity (Wildman–Crippen MR) is 53.6 cm³/mol. The Morgan fingerprint density at radius 2 is 2.00 bits per heavy atom. The summed E-state index contributed by atoms with van der Waals surface area (Å²) in [5.74, 6) is 1.64. The maximum atomic E-state index is 10.4. The summed E-state index contributed by atoms with van der Waals surface area (Å²) in [4.78, 5) is 10.4. The predicted octanol–water partition coefficient (Wildman–Crippen LogP) is 2.49. The Bertz CT molecular complexity index is 134. The molecule has 0 aliphatic carbocycles. The Morgan fingerprint density at radius 3 is 2.42 bits per heavy atom. The van der Waals surface area contributed by atoms with Gasteiger partial charge in [0.05, 0.1) is 5.92 Å². The first-order chi connectivity index (χ1) is 5.54. The van der Waals surface area contributed by atoms with Gasteiger partial charge in [-0.25, -0.2) is 0 Å². The molecule has 0 heterocycles. The number of hydrogen-bond acceptors (Lipinski definition) is 2. The minimum atomic E-state index is -0.688. The van der Waals surface area contributed by atoms with Gasteiger partial charge in [0.25, 0.3) is 0 Å². The maximum absolute atomic E-state index is 10.4. The van der Waals surface area contributed by atoms with Gasteiger partial charge in [-0.1, -0.05) is 20.8 Å². The lowest BCUT2D eigenvalue weighted by Crippen LogP contribution is -2.12. The van der Waals surface area contributed by atoms with E-state index < -0.39 is 5.97 Å². The monoisotopic (exact) mass is 190 g/mol. The van der Waals surface area contributed by atoms with Crippen LogP contribution < -0.4 is 0 Å². The molecule has 72 valence electrons. The summed E-state index contributed by atoms with van der Waals surface area (Å²) < 4.78 is 0. The van der Waals surface area contributed by atoms with Crippen molar-refractivity contribution in [1.82, 2.24) is 0 Å². The van der Waals surface area contributed by atoms with Crippen molar-refractivity contribution in [3.8, 4) is 0 Å². The number of thioether (sulfide) groups is 1. The van der Waals surface area contributed by atoms with E-state index in [2.05, 4.69) is 13.8 Å². The highest BCUT2D eigenvalue weighted by Crippen LogP contribution is 2.12. The summed E-state index contributed by atoms with van der Waals surface area (Å²) in [6.45, 7) is 6.12. The van der Waals surface area contributed by atoms with Crippen molar-refractivity contribution in [3.63, 3.8) is 0 Å². The number of carboxylic acids is 1. The van der Waals surface area contributed by atoms with Crippen LogP contribution in [0, 0.1) is 11.8 Å². The summed E-state index contributed by atoms with van der Waals surface area (Å²) in [7, 11) is 0. The van der Waals surface area contributed by atoms with Gasteiger partial charge in [0, 0.05) is 5.75 Å². The van der Waals surface area contributed by atoms with Crippen LogP contribution in [-0.4, -0.2) is 22.6 Å². The van der Waals surface area contributed by atoms with E-state index in [0.29, 0.717) is 0 Å². The van der Waals surface area contributed by atoms with E-state index in [4.69, 9.17) is 5.11 Å². The first-order valence-electron chi connectivity index (χ1n) is 4.34. The highest BCUT2D eigenvalue weighted by Gasteiger charge is 2.09. The molecule has 0 aliphatic rings. The Morgan fingerprint density at radius 1 is 1.42 bits per heavy atom. The molecule has 1 atom stereocenters. The van der Waals surface area contributed by atoms with Crippen molar-refractivity contribution in [2.45, 2.75) is 27.2 Å². The third-order valence-corrected chi connectivity index (χ3v) is 2.89. The van der Waals surface area contributed by atoms with Crippen LogP contribution in [0.5, 0.6) is 0 Å². The van der Waals surface area contributed by atoms with Gasteiger partial charge >= 0.3 is 5.97 Å². The topological polar surface area (TPSA) is 37.3 Å². The number of aliphatic carboxylic acids is 1. The molecule has 0 aromatic rings. The lowest BCUT2D eigenvalue weighted by atomic mass is 10.2. The molecule has 0 unspecified atom stereocenters.